The molecule has 3 aromatic heterocycles. The van der Waals surface area contributed by atoms with Crippen LogP contribution in [0.2, 0.25) is 0 Å². The molecule has 0 radical (unpaired) electrons. The highest BCUT2D eigenvalue weighted by atomic mass is 32.2. The van der Waals surface area contributed by atoms with E-state index in [1.807, 2.05) is 4.90 Å². The molecule has 1 aliphatic rings. The van der Waals surface area contributed by atoms with E-state index in [1.54, 1.807) is 10.6 Å². The van der Waals surface area contributed by atoms with Crippen LogP contribution in [0.4, 0.5) is 35.0 Å². The number of hydrogen-bond donors (Lipinski definition) is 1. The van der Waals surface area contributed by atoms with Crippen LogP contribution < -0.4 is 10.2 Å². The highest BCUT2D eigenvalue weighted by Gasteiger charge is 2.32. The molecule has 0 atom stereocenters. The number of halogens is 4. The molecule has 1 N–H and O–H groups in total. The Morgan fingerprint density at radius 1 is 1.05 bits per heavy atom. The third-order valence-corrected chi connectivity index (χ3v) is 7.19. The zero-order valence-electron chi connectivity index (χ0n) is 19.3. The average molecular weight is 537 g/mol. The summed E-state index contributed by atoms with van der Waals surface area (Å²) >= 11 is 0. The van der Waals surface area contributed by atoms with Crippen LogP contribution in [-0.2, 0) is 16.0 Å². The van der Waals surface area contributed by atoms with Crippen molar-refractivity contribution in [3.8, 4) is 0 Å². The number of sulfone groups is 1. The van der Waals surface area contributed by atoms with Crippen molar-refractivity contribution < 1.29 is 26.0 Å². The van der Waals surface area contributed by atoms with Gasteiger partial charge in [-0.1, -0.05) is 0 Å². The topological polar surface area (TPSA) is 118 Å². The maximum Gasteiger partial charge on any atom is 0.419 e. The second-order valence-electron chi connectivity index (χ2n) is 8.60. The van der Waals surface area contributed by atoms with E-state index in [1.165, 1.54) is 18.3 Å². The van der Waals surface area contributed by atoms with E-state index in [9.17, 15) is 26.0 Å². The smallest absolute Gasteiger partial charge is 0.341 e. The van der Waals surface area contributed by atoms with Gasteiger partial charge in [0.05, 0.1) is 16.1 Å². The standard InChI is InChI=1S/C22H20F4N8O2S/c1-37(35,36)15-2-3-17(16(23)10-15)30-18-20-32-31-19(34(20)9-6-27-18)13-4-7-33(8-5-13)21-28-11-14(12-29-21)22(24,25)26/h2-3,6,9-13H,4-5,7-8H2,1H3,(H,27,30). The molecule has 1 aliphatic heterocycles. The van der Waals surface area contributed by atoms with Gasteiger partial charge < -0.3 is 10.2 Å². The van der Waals surface area contributed by atoms with Crippen molar-refractivity contribution in [1.29, 1.82) is 0 Å². The first-order valence-corrected chi connectivity index (χ1v) is 13.0. The number of benzene rings is 1. The molecule has 0 aliphatic carbocycles. The lowest BCUT2D eigenvalue weighted by Crippen LogP contribution is -2.34. The van der Waals surface area contributed by atoms with Crippen molar-refractivity contribution in [2.45, 2.75) is 29.8 Å². The van der Waals surface area contributed by atoms with Crippen molar-refractivity contribution >= 4 is 32.9 Å². The Labute approximate surface area is 208 Å². The van der Waals surface area contributed by atoms with E-state index in [-0.39, 0.29) is 28.3 Å². The molecule has 0 spiro atoms. The Balaban J connectivity index is 1.32. The average Bonchev–Trinajstić information content (AvgIpc) is 3.29. The maximum absolute atomic E-state index is 14.6. The fourth-order valence-corrected chi connectivity index (χ4v) is 4.77. The third kappa shape index (κ3) is 5.03. The lowest BCUT2D eigenvalue weighted by molar-refractivity contribution is -0.138. The lowest BCUT2D eigenvalue weighted by atomic mass is 9.96. The molecular formula is C22H20F4N8O2S. The minimum atomic E-state index is -4.49. The summed E-state index contributed by atoms with van der Waals surface area (Å²) in [4.78, 5) is 13.6. The number of nitrogens with zero attached hydrogens (tertiary/aromatic N) is 7. The summed E-state index contributed by atoms with van der Waals surface area (Å²) in [5.74, 6) is 0.382. The van der Waals surface area contributed by atoms with Gasteiger partial charge in [0.1, 0.15) is 11.6 Å². The van der Waals surface area contributed by atoms with Crippen molar-refractivity contribution in [1.82, 2.24) is 29.5 Å². The number of rotatable bonds is 5. The predicted octanol–water partition coefficient (Wildman–Crippen LogP) is 3.60. The first-order chi connectivity index (χ1) is 17.5. The van der Waals surface area contributed by atoms with E-state index in [4.69, 9.17) is 0 Å². The Kier molecular flexibility index (Phi) is 6.17. The molecule has 10 nitrogen and oxygen atoms in total. The molecule has 5 rings (SSSR count). The molecule has 0 unspecified atom stereocenters. The van der Waals surface area contributed by atoms with E-state index in [0.29, 0.717) is 37.4 Å². The van der Waals surface area contributed by atoms with Crippen LogP contribution >= 0.6 is 0 Å². The third-order valence-electron chi connectivity index (χ3n) is 6.08. The molecule has 37 heavy (non-hydrogen) atoms. The van der Waals surface area contributed by atoms with Gasteiger partial charge in [-0.25, -0.2) is 27.8 Å². The molecule has 0 bridgehead atoms. The number of hydrogen-bond acceptors (Lipinski definition) is 9. The van der Waals surface area contributed by atoms with Crippen LogP contribution in [0.3, 0.4) is 0 Å². The zero-order valence-corrected chi connectivity index (χ0v) is 20.1. The van der Waals surface area contributed by atoms with Crippen molar-refractivity contribution in [2.75, 3.05) is 29.6 Å². The van der Waals surface area contributed by atoms with E-state index in [2.05, 4.69) is 30.5 Å². The predicted molar refractivity (Wildman–Crippen MR) is 125 cm³/mol. The van der Waals surface area contributed by atoms with Gasteiger partial charge in [-0.05, 0) is 31.0 Å². The lowest BCUT2D eigenvalue weighted by Gasteiger charge is -2.31. The summed E-state index contributed by atoms with van der Waals surface area (Å²) in [5.41, 5.74) is -0.509. The molecule has 0 amide bonds. The summed E-state index contributed by atoms with van der Waals surface area (Å²) in [5, 5.41) is 11.4. The first-order valence-electron chi connectivity index (χ1n) is 11.1. The summed E-state index contributed by atoms with van der Waals surface area (Å²) < 4.78 is 77.9. The van der Waals surface area contributed by atoms with E-state index in [0.717, 1.165) is 24.7 Å². The van der Waals surface area contributed by atoms with Gasteiger partial charge >= 0.3 is 6.18 Å². The van der Waals surface area contributed by atoms with E-state index >= 15 is 0 Å². The van der Waals surface area contributed by atoms with Crippen LogP contribution in [0.5, 0.6) is 0 Å². The minimum absolute atomic E-state index is 0.00160. The first kappa shape index (κ1) is 24.8. The molecule has 194 valence electrons. The van der Waals surface area contributed by atoms with Crippen LogP contribution in [0.25, 0.3) is 5.65 Å². The van der Waals surface area contributed by atoms with Crippen LogP contribution in [0.15, 0.2) is 47.9 Å². The summed E-state index contributed by atoms with van der Waals surface area (Å²) in [7, 11) is -3.55. The molecule has 1 saturated heterocycles. The van der Waals surface area contributed by atoms with Gasteiger partial charge in [0.2, 0.25) is 11.6 Å². The number of anilines is 3. The van der Waals surface area contributed by atoms with Crippen LogP contribution in [0, 0.1) is 5.82 Å². The largest absolute Gasteiger partial charge is 0.419 e. The Bertz CT molecular complexity index is 1550. The number of aromatic nitrogens is 6. The van der Waals surface area contributed by atoms with Crippen molar-refractivity contribution in [2.24, 2.45) is 0 Å². The SMILES string of the molecule is CS(=O)(=O)c1ccc(Nc2nccn3c(C4CCN(c5ncc(C(F)(F)F)cn5)CC4)nnc23)c(F)c1. The molecule has 1 fully saturated rings. The molecular weight excluding hydrogens is 516 g/mol. The second-order valence-corrected chi connectivity index (χ2v) is 10.6. The zero-order chi connectivity index (χ0) is 26.4. The fourth-order valence-electron chi connectivity index (χ4n) is 4.13. The minimum Gasteiger partial charge on any atom is -0.341 e. The molecule has 15 heteroatoms. The quantitative estimate of drug-likeness (QED) is 0.382. The monoisotopic (exact) mass is 536 g/mol. The molecule has 1 aromatic carbocycles. The second kappa shape index (κ2) is 9.21. The van der Waals surface area contributed by atoms with Gasteiger partial charge in [-0.15, -0.1) is 10.2 Å². The maximum atomic E-state index is 14.6. The molecule has 4 heterocycles. The Morgan fingerprint density at radius 3 is 2.38 bits per heavy atom. The highest BCUT2D eigenvalue weighted by molar-refractivity contribution is 7.90. The fraction of sp³-hybridized carbons (Fsp3) is 0.318. The summed E-state index contributed by atoms with van der Waals surface area (Å²) in [6.07, 6.45) is 2.53. The Hall–Kier alpha value is -3.88. The number of fused-ring (bicyclic) bond motifs is 1. The number of piperidine rings is 1. The van der Waals surface area contributed by atoms with Gasteiger partial charge in [0, 0.05) is 50.1 Å². The number of nitrogens with one attached hydrogen (secondary N) is 1. The Morgan fingerprint density at radius 2 is 1.76 bits per heavy atom. The van der Waals surface area contributed by atoms with Crippen molar-refractivity contribution in [3.05, 3.63) is 60.2 Å². The molecule has 0 saturated carbocycles. The summed E-state index contributed by atoms with van der Waals surface area (Å²) in [6, 6.07) is 3.54. The molecule has 4 aromatic rings. The highest BCUT2D eigenvalue weighted by Crippen LogP contribution is 2.32. The van der Waals surface area contributed by atoms with Gasteiger partial charge in [0.15, 0.2) is 15.7 Å². The van der Waals surface area contributed by atoms with Gasteiger partial charge in [-0.3, -0.25) is 4.40 Å². The van der Waals surface area contributed by atoms with Crippen molar-refractivity contribution in [3.63, 3.8) is 0 Å². The number of alkyl halides is 3. The van der Waals surface area contributed by atoms with E-state index < -0.39 is 27.4 Å². The van der Waals surface area contributed by atoms with Gasteiger partial charge in [0.25, 0.3) is 0 Å². The van der Waals surface area contributed by atoms with Crippen LogP contribution in [0.1, 0.15) is 30.1 Å². The summed E-state index contributed by atoms with van der Waals surface area (Å²) in [6.45, 7) is 1.03. The van der Waals surface area contributed by atoms with Gasteiger partial charge in [-0.2, -0.15) is 13.2 Å². The van der Waals surface area contributed by atoms with Crippen LogP contribution in [-0.4, -0.2) is 57.3 Å². The normalized spacial score (nSPS) is 15.3.